The molecule has 0 spiro atoms. The summed E-state index contributed by atoms with van der Waals surface area (Å²) in [5, 5.41) is 6.75. The molecule has 1 N–H and O–H groups in total. The Morgan fingerprint density at radius 1 is 1.17 bits per heavy atom. The van der Waals surface area contributed by atoms with E-state index in [1.165, 1.54) is 11.8 Å². The van der Waals surface area contributed by atoms with Gasteiger partial charge in [0.1, 0.15) is 18.1 Å². The zero-order valence-corrected chi connectivity index (χ0v) is 16.8. The number of nitrogens with zero attached hydrogens (tertiary/aromatic N) is 2. The molecule has 8 heteroatoms. The summed E-state index contributed by atoms with van der Waals surface area (Å²) in [5.74, 6) is 0.216. The summed E-state index contributed by atoms with van der Waals surface area (Å²) in [4.78, 5) is 24.4. The Morgan fingerprint density at radius 3 is 2.55 bits per heavy atom. The van der Waals surface area contributed by atoms with Crippen molar-refractivity contribution >= 4 is 17.6 Å². The average molecular weight is 397 g/mol. The van der Waals surface area contributed by atoms with Gasteiger partial charge in [0.05, 0.1) is 12.8 Å². The van der Waals surface area contributed by atoms with Crippen LogP contribution in [0.25, 0.3) is 0 Å². The van der Waals surface area contributed by atoms with Crippen LogP contribution in [0.1, 0.15) is 44.9 Å². The number of aromatic nitrogens is 2. The molecule has 1 amide bonds. The van der Waals surface area contributed by atoms with Crippen molar-refractivity contribution in [3.8, 4) is 5.75 Å². The lowest BCUT2D eigenvalue weighted by Crippen LogP contribution is -2.14. The van der Waals surface area contributed by atoms with Crippen molar-refractivity contribution in [2.24, 2.45) is 0 Å². The fourth-order valence-electron chi connectivity index (χ4n) is 2.85. The zero-order valence-electron chi connectivity index (χ0n) is 16.8. The van der Waals surface area contributed by atoms with Gasteiger partial charge in [-0.1, -0.05) is 6.07 Å². The summed E-state index contributed by atoms with van der Waals surface area (Å²) in [6.45, 7) is 6.60. The topological polar surface area (TPSA) is 95.6 Å². The van der Waals surface area contributed by atoms with E-state index in [1.807, 2.05) is 32.9 Å². The highest BCUT2D eigenvalue weighted by Gasteiger charge is 2.21. The number of furan rings is 1. The van der Waals surface area contributed by atoms with Gasteiger partial charge in [0.2, 0.25) is 0 Å². The third kappa shape index (κ3) is 4.84. The van der Waals surface area contributed by atoms with E-state index in [2.05, 4.69) is 16.5 Å². The summed E-state index contributed by atoms with van der Waals surface area (Å²) in [7, 11) is 1.26. The number of amides is 1. The lowest BCUT2D eigenvalue weighted by molar-refractivity contribution is 0.0594. The molecule has 3 rings (SSSR count). The van der Waals surface area contributed by atoms with E-state index >= 15 is 0 Å². The normalized spacial score (nSPS) is 10.6. The second kappa shape index (κ2) is 8.64. The van der Waals surface area contributed by atoms with E-state index in [-0.39, 0.29) is 23.7 Å². The molecule has 0 fully saturated rings. The lowest BCUT2D eigenvalue weighted by Gasteiger charge is -2.06. The van der Waals surface area contributed by atoms with E-state index in [0.29, 0.717) is 12.3 Å². The van der Waals surface area contributed by atoms with Gasteiger partial charge in [0, 0.05) is 12.7 Å². The number of esters is 1. The third-order valence-electron chi connectivity index (χ3n) is 4.17. The average Bonchev–Trinajstić information content (AvgIpc) is 3.32. The Labute approximate surface area is 168 Å². The van der Waals surface area contributed by atoms with Crippen LogP contribution >= 0.6 is 0 Å². The Bertz CT molecular complexity index is 1010. The van der Waals surface area contributed by atoms with Crippen molar-refractivity contribution in [2.75, 3.05) is 12.4 Å². The molecule has 0 saturated heterocycles. The van der Waals surface area contributed by atoms with Gasteiger partial charge < -0.3 is 19.2 Å². The molecule has 8 nitrogen and oxygen atoms in total. The maximum Gasteiger partial charge on any atom is 0.360 e. The molecule has 2 heterocycles. The van der Waals surface area contributed by atoms with Crippen LogP contribution in [0.15, 0.2) is 40.9 Å². The minimum atomic E-state index is -0.630. The summed E-state index contributed by atoms with van der Waals surface area (Å²) in [6, 6.07) is 9.16. The number of ether oxygens (including phenoxy) is 2. The van der Waals surface area contributed by atoms with Crippen molar-refractivity contribution in [2.45, 2.75) is 33.9 Å². The first kappa shape index (κ1) is 20.2. The SMILES string of the molecule is CCn1cc(NC(=O)c2ccc(COc3cc(C)cc(C)c3)o2)c(C(=O)OC)n1. The monoisotopic (exact) mass is 397 g/mol. The van der Waals surface area contributed by atoms with Gasteiger partial charge in [-0.25, -0.2) is 4.79 Å². The number of nitrogens with one attached hydrogen (secondary N) is 1. The minimum Gasteiger partial charge on any atom is -0.486 e. The summed E-state index contributed by atoms with van der Waals surface area (Å²) >= 11 is 0. The number of hydrogen-bond acceptors (Lipinski definition) is 6. The second-order valence-electron chi connectivity index (χ2n) is 6.57. The van der Waals surface area contributed by atoms with E-state index in [1.54, 1.807) is 18.3 Å². The lowest BCUT2D eigenvalue weighted by atomic mass is 10.1. The molecule has 0 saturated carbocycles. The summed E-state index contributed by atoms with van der Waals surface area (Å²) in [6.07, 6.45) is 1.57. The van der Waals surface area contributed by atoms with Crippen LogP contribution in [0.5, 0.6) is 5.75 Å². The molecule has 0 unspecified atom stereocenters. The molecular formula is C21H23N3O5. The van der Waals surface area contributed by atoms with Crippen molar-refractivity contribution in [1.82, 2.24) is 9.78 Å². The molecule has 0 radical (unpaired) electrons. The molecule has 152 valence electrons. The Hall–Kier alpha value is -3.55. The number of benzene rings is 1. The van der Waals surface area contributed by atoms with Crippen molar-refractivity contribution < 1.29 is 23.5 Å². The quantitative estimate of drug-likeness (QED) is 0.610. The predicted molar refractivity (Wildman–Crippen MR) is 106 cm³/mol. The van der Waals surface area contributed by atoms with Crippen LogP contribution in [-0.4, -0.2) is 28.8 Å². The van der Waals surface area contributed by atoms with Gasteiger partial charge >= 0.3 is 5.97 Å². The molecule has 29 heavy (non-hydrogen) atoms. The van der Waals surface area contributed by atoms with Crippen LogP contribution in [0.2, 0.25) is 0 Å². The number of carbonyl (C=O) groups excluding carboxylic acids is 2. The number of carbonyl (C=O) groups is 2. The highest BCUT2D eigenvalue weighted by Crippen LogP contribution is 2.20. The Morgan fingerprint density at radius 2 is 1.90 bits per heavy atom. The molecule has 0 bridgehead atoms. The van der Waals surface area contributed by atoms with Crippen LogP contribution in [-0.2, 0) is 17.9 Å². The highest BCUT2D eigenvalue weighted by molar-refractivity contribution is 6.05. The van der Waals surface area contributed by atoms with Gasteiger partial charge in [-0.05, 0) is 56.2 Å². The predicted octanol–water partition coefficient (Wildman–Crippen LogP) is 3.73. The van der Waals surface area contributed by atoms with Crippen LogP contribution < -0.4 is 10.1 Å². The third-order valence-corrected chi connectivity index (χ3v) is 4.17. The number of anilines is 1. The van der Waals surface area contributed by atoms with Gasteiger partial charge in [0.15, 0.2) is 11.5 Å². The van der Waals surface area contributed by atoms with Crippen molar-refractivity contribution in [1.29, 1.82) is 0 Å². The van der Waals surface area contributed by atoms with Crippen LogP contribution in [0.3, 0.4) is 0 Å². The fourth-order valence-corrected chi connectivity index (χ4v) is 2.85. The zero-order chi connectivity index (χ0) is 21.0. The smallest absolute Gasteiger partial charge is 0.360 e. The van der Waals surface area contributed by atoms with Crippen molar-refractivity contribution in [3.63, 3.8) is 0 Å². The highest BCUT2D eigenvalue weighted by atomic mass is 16.5. The molecular weight excluding hydrogens is 374 g/mol. The number of hydrogen-bond donors (Lipinski definition) is 1. The van der Waals surface area contributed by atoms with Crippen LogP contribution in [0, 0.1) is 13.8 Å². The minimum absolute atomic E-state index is 0.0348. The standard InChI is InChI=1S/C21H23N3O5/c1-5-24-11-17(19(23-24)21(26)27-4)22-20(25)18-7-6-15(29-18)12-28-16-9-13(2)8-14(3)10-16/h6-11H,5,12H2,1-4H3,(H,22,25). The molecule has 3 aromatic rings. The molecule has 0 aliphatic carbocycles. The number of aryl methyl sites for hydroxylation is 3. The van der Waals surface area contributed by atoms with Crippen LogP contribution in [0.4, 0.5) is 5.69 Å². The first-order valence-electron chi connectivity index (χ1n) is 9.16. The Balaban J connectivity index is 1.68. The number of rotatable bonds is 7. The van der Waals surface area contributed by atoms with Gasteiger partial charge in [-0.3, -0.25) is 9.48 Å². The maximum atomic E-state index is 12.5. The summed E-state index contributed by atoms with van der Waals surface area (Å²) < 4.78 is 17.6. The first-order chi connectivity index (χ1) is 13.9. The molecule has 0 aliphatic rings. The van der Waals surface area contributed by atoms with E-state index in [4.69, 9.17) is 13.9 Å². The molecule has 1 aromatic carbocycles. The maximum absolute atomic E-state index is 12.5. The van der Waals surface area contributed by atoms with E-state index in [0.717, 1.165) is 16.9 Å². The number of methoxy groups -OCH3 is 1. The summed E-state index contributed by atoms with van der Waals surface area (Å²) in [5.41, 5.74) is 2.50. The van der Waals surface area contributed by atoms with Gasteiger partial charge in [-0.2, -0.15) is 5.10 Å². The fraction of sp³-hybridized carbons (Fsp3) is 0.286. The second-order valence-corrected chi connectivity index (χ2v) is 6.57. The van der Waals surface area contributed by atoms with E-state index in [9.17, 15) is 9.59 Å². The molecule has 2 aromatic heterocycles. The molecule has 0 aliphatic heterocycles. The van der Waals surface area contributed by atoms with E-state index < -0.39 is 11.9 Å². The molecule has 0 atom stereocenters. The largest absolute Gasteiger partial charge is 0.486 e. The Kier molecular flexibility index (Phi) is 6.01. The van der Waals surface area contributed by atoms with Crippen molar-refractivity contribution in [3.05, 3.63) is 64.9 Å². The van der Waals surface area contributed by atoms with Gasteiger partial charge in [-0.15, -0.1) is 0 Å². The first-order valence-corrected chi connectivity index (χ1v) is 9.16. The van der Waals surface area contributed by atoms with Gasteiger partial charge in [0.25, 0.3) is 5.91 Å².